The maximum absolute atomic E-state index is 3.57. The van der Waals surface area contributed by atoms with Gasteiger partial charge in [0.15, 0.2) is 0 Å². The maximum atomic E-state index is 3.57. The van der Waals surface area contributed by atoms with Crippen molar-refractivity contribution in [2.24, 2.45) is 0 Å². The minimum atomic E-state index is 0.473. The van der Waals surface area contributed by atoms with E-state index in [1.807, 2.05) is 11.8 Å². The van der Waals surface area contributed by atoms with Crippen LogP contribution in [0.1, 0.15) is 11.6 Å². The van der Waals surface area contributed by atoms with Crippen molar-refractivity contribution in [3.05, 3.63) is 46.7 Å². The molecule has 0 fully saturated rings. The number of nitrogens with one attached hydrogen (secondary N) is 1. The van der Waals surface area contributed by atoms with Gasteiger partial charge in [-0.15, -0.1) is 11.8 Å². The highest BCUT2D eigenvalue weighted by atomic mass is 32.2. The molecule has 1 atom stereocenters. The van der Waals surface area contributed by atoms with E-state index in [4.69, 9.17) is 0 Å². The van der Waals surface area contributed by atoms with E-state index in [2.05, 4.69) is 46.4 Å². The fourth-order valence-electron chi connectivity index (χ4n) is 1.83. The van der Waals surface area contributed by atoms with Crippen LogP contribution in [0, 0.1) is 0 Å². The summed E-state index contributed by atoms with van der Waals surface area (Å²) in [5, 5.41) is 7.83. The highest BCUT2D eigenvalue weighted by Gasteiger charge is 2.22. The summed E-state index contributed by atoms with van der Waals surface area (Å²) in [5.41, 5.74) is 2.68. The van der Waals surface area contributed by atoms with Crippen molar-refractivity contribution in [2.75, 3.05) is 11.1 Å². The highest BCUT2D eigenvalue weighted by Crippen LogP contribution is 2.39. The van der Waals surface area contributed by atoms with Gasteiger partial charge >= 0.3 is 0 Å². The SMILES string of the molecule is c1ccc2c(c1)SCC2Nc1ccsc1. The molecule has 1 aliphatic heterocycles. The lowest BCUT2D eigenvalue weighted by Crippen LogP contribution is -2.08. The molecule has 3 heteroatoms. The van der Waals surface area contributed by atoms with Gasteiger partial charge in [-0.05, 0) is 23.1 Å². The molecule has 0 saturated carbocycles. The quantitative estimate of drug-likeness (QED) is 0.841. The Kier molecular flexibility index (Phi) is 2.43. The van der Waals surface area contributed by atoms with Crippen LogP contribution in [-0.2, 0) is 0 Å². The van der Waals surface area contributed by atoms with Crippen molar-refractivity contribution in [1.82, 2.24) is 0 Å². The van der Waals surface area contributed by atoms with E-state index in [9.17, 15) is 0 Å². The first-order chi connectivity index (χ1) is 7.43. The van der Waals surface area contributed by atoms with Gasteiger partial charge in [-0.25, -0.2) is 0 Å². The number of hydrogen-bond donors (Lipinski definition) is 1. The molecule has 76 valence electrons. The maximum Gasteiger partial charge on any atom is 0.0619 e. The molecular formula is C12H11NS2. The van der Waals surface area contributed by atoms with Gasteiger partial charge in [0.2, 0.25) is 0 Å². The molecule has 1 nitrogen and oxygen atoms in total. The van der Waals surface area contributed by atoms with Crippen LogP contribution in [0.25, 0.3) is 0 Å². The largest absolute Gasteiger partial charge is 0.377 e. The minimum absolute atomic E-state index is 0.473. The minimum Gasteiger partial charge on any atom is -0.377 e. The Balaban J connectivity index is 1.85. The van der Waals surface area contributed by atoms with Crippen molar-refractivity contribution in [3.8, 4) is 0 Å². The van der Waals surface area contributed by atoms with E-state index in [0.717, 1.165) is 5.75 Å². The molecule has 1 N–H and O–H groups in total. The van der Waals surface area contributed by atoms with Crippen LogP contribution in [0.2, 0.25) is 0 Å². The fraction of sp³-hybridized carbons (Fsp3) is 0.167. The Hall–Kier alpha value is -0.930. The van der Waals surface area contributed by atoms with Crippen molar-refractivity contribution >= 4 is 28.8 Å². The lowest BCUT2D eigenvalue weighted by molar-refractivity contribution is 0.901. The topological polar surface area (TPSA) is 12.0 Å². The van der Waals surface area contributed by atoms with Gasteiger partial charge in [-0.1, -0.05) is 18.2 Å². The predicted octanol–water partition coefficient (Wildman–Crippen LogP) is 4.01. The van der Waals surface area contributed by atoms with E-state index in [1.165, 1.54) is 16.1 Å². The summed E-state index contributed by atoms with van der Waals surface area (Å²) in [6.07, 6.45) is 0. The van der Waals surface area contributed by atoms with Gasteiger partial charge in [0.25, 0.3) is 0 Å². The summed E-state index contributed by atoms with van der Waals surface area (Å²) in [6, 6.07) is 11.3. The molecule has 1 aromatic carbocycles. The van der Waals surface area contributed by atoms with Crippen molar-refractivity contribution in [1.29, 1.82) is 0 Å². The molecule has 15 heavy (non-hydrogen) atoms. The Morgan fingerprint density at radius 1 is 1.20 bits per heavy atom. The normalized spacial score (nSPS) is 18.8. The summed E-state index contributed by atoms with van der Waals surface area (Å²) in [7, 11) is 0. The second-order valence-electron chi connectivity index (χ2n) is 3.56. The molecule has 0 aliphatic carbocycles. The molecular weight excluding hydrogens is 222 g/mol. The second-order valence-corrected chi connectivity index (χ2v) is 5.40. The van der Waals surface area contributed by atoms with Crippen LogP contribution >= 0.6 is 23.1 Å². The molecule has 0 bridgehead atoms. The lowest BCUT2D eigenvalue weighted by atomic mass is 10.1. The molecule has 0 amide bonds. The third-order valence-electron chi connectivity index (χ3n) is 2.56. The average Bonchev–Trinajstić information content (AvgIpc) is 2.89. The fourth-order valence-corrected chi connectivity index (χ4v) is 3.59. The Morgan fingerprint density at radius 3 is 3.00 bits per heavy atom. The average molecular weight is 233 g/mol. The van der Waals surface area contributed by atoms with Gasteiger partial charge in [0, 0.05) is 21.7 Å². The van der Waals surface area contributed by atoms with E-state index in [0.29, 0.717) is 6.04 Å². The Labute approximate surface area is 97.5 Å². The number of rotatable bonds is 2. The van der Waals surface area contributed by atoms with Crippen LogP contribution < -0.4 is 5.32 Å². The predicted molar refractivity (Wildman–Crippen MR) is 67.8 cm³/mol. The van der Waals surface area contributed by atoms with Crippen LogP contribution in [-0.4, -0.2) is 5.75 Å². The Bertz CT molecular complexity index is 450. The zero-order chi connectivity index (χ0) is 10.1. The molecule has 1 aliphatic rings. The molecule has 1 aromatic heterocycles. The van der Waals surface area contributed by atoms with Gasteiger partial charge in [-0.3, -0.25) is 0 Å². The molecule has 2 heterocycles. The molecule has 2 aromatic rings. The number of fused-ring (bicyclic) bond motifs is 1. The number of benzene rings is 1. The van der Waals surface area contributed by atoms with Gasteiger partial charge in [0.05, 0.1) is 6.04 Å². The summed E-state index contributed by atoms with van der Waals surface area (Å²) < 4.78 is 0. The molecule has 0 spiro atoms. The second kappa shape index (κ2) is 3.91. The molecule has 0 radical (unpaired) electrons. The first kappa shape index (κ1) is 9.31. The molecule has 0 saturated heterocycles. The van der Waals surface area contributed by atoms with Crippen molar-refractivity contribution < 1.29 is 0 Å². The van der Waals surface area contributed by atoms with Crippen LogP contribution in [0.15, 0.2) is 46.0 Å². The first-order valence-corrected chi connectivity index (χ1v) is 6.87. The monoisotopic (exact) mass is 233 g/mol. The van der Waals surface area contributed by atoms with E-state index in [1.54, 1.807) is 11.3 Å². The summed E-state index contributed by atoms with van der Waals surface area (Å²) >= 11 is 3.67. The molecule has 3 rings (SSSR count). The number of hydrogen-bond acceptors (Lipinski definition) is 3. The lowest BCUT2D eigenvalue weighted by Gasteiger charge is -2.12. The zero-order valence-corrected chi connectivity index (χ0v) is 9.78. The summed E-state index contributed by atoms with van der Waals surface area (Å²) in [4.78, 5) is 1.42. The highest BCUT2D eigenvalue weighted by molar-refractivity contribution is 7.99. The number of thioether (sulfide) groups is 1. The van der Waals surface area contributed by atoms with E-state index < -0.39 is 0 Å². The van der Waals surface area contributed by atoms with Gasteiger partial charge in [-0.2, -0.15) is 11.3 Å². The zero-order valence-electron chi connectivity index (χ0n) is 8.14. The van der Waals surface area contributed by atoms with Crippen LogP contribution in [0.4, 0.5) is 5.69 Å². The Morgan fingerprint density at radius 2 is 2.13 bits per heavy atom. The first-order valence-electron chi connectivity index (χ1n) is 4.94. The number of anilines is 1. The van der Waals surface area contributed by atoms with E-state index >= 15 is 0 Å². The van der Waals surface area contributed by atoms with Crippen LogP contribution in [0.5, 0.6) is 0 Å². The van der Waals surface area contributed by atoms with Crippen LogP contribution in [0.3, 0.4) is 0 Å². The van der Waals surface area contributed by atoms with E-state index in [-0.39, 0.29) is 0 Å². The summed E-state index contributed by atoms with van der Waals surface area (Å²) in [5.74, 6) is 1.13. The van der Waals surface area contributed by atoms with Crippen molar-refractivity contribution in [2.45, 2.75) is 10.9 Å². The smallest absolute Gasteiger partial charge is 0.0619 e. The van der Waals surface area contributed by atoms with Gasteiger partial charge in [0.1, 0.15) is 0 Å². The third kappa shape index (κ3) is 1.77. The molecule has 1 unspecified atom stereocenters. The number of thiophene rings is 1. The standard InChI is InChI=1S/C12H11NS2/c1-2-4-12-10(3-1)11(8-15-12)13-9-5-6-14-7-9/h1-7,11,13H,8H2. The van der Waals surface area contributed by atoms with Gasteiger partial charge < -0.3 is 5.32 Å². The third-order valence-corrected chi connectivity index (χ3v) is 4.43. The summed E-state index contributed by atoms with van der Waals surface area (Å²) in [6.45, 7) is 0. The van der Waals surface area contributed by atoms with Crippen molar-refractivity contribution in [3.63, 3.8) is 0 Å².